The molecule has 0 radical (unpaired) electrons. The lowest BCUT2D eigenvalue weighted by atomic mass is 9.91. The number of carbonyl (C=O) groups is 2. The number of nitrogens with one attached hydrogen (secondary N) is 1. The van der Waals surface area contributed by atoms with E-state index in [0.29, 0.717) is 23.1 Å². The van der Waals surface area contributed by atoms with Gasteiger partial charge >= 0.3 is 5.97 Å². The van der Waals surface area contributed by atoms with E-state index in [9.17, 15) is 18.0 Å². The number of carbonyl (C=O) groups excluding carboxylic acids is 2. The number of ketones is 1. The first kappa shape index (κ1) is 21.2. The van der Waals surface area contributed by atoms with Crippen LogP contribution >= 0.6 is 15.9 Å². The van der Waals surface area contributed by atoms with Gasteiger partial charge in [-0.2, -0.15) is 0 Å². The Morgan fingerprint density at radius 1 is 1.30 bits per heavy atom. The highest BCUT2D eigenvalue weighted by Gasteiger charge is 2.50. The number of esters is 1. The van der Waals surface area contributed by atoms with Crippen molar-refractivity contribution in [3.63, 3.8) is 0 Å². The monoisotopic (exact) mass is 461 g/mol. The first-order chi connectivity index (χ1) is 12.6. The Hall–Kier alpha value is -2.07. The highest BCUT2D eigenvalue weighted by Crippen LogP contribution is 2.39. The van der Waals surface area contributed by atoms with Gasteiger partial charge in [-0.3, -0.25) is 14.3 Å². The van der Waals surface area contributed by atoms with E-state index in [0.717, 1.165) is 6.92 Å². The summed E-state index contributed by atoms with van der Waals surface area (Å²) in [7, 11) is -2.28. The minimum absolute atomic E-state index is 0.189. The number of rotatable bonds is 8. The molecule has 0 aromatic heterocycles. The number of sulfonamides is 1. The molecule has 1 aliphatic heterocycles. The molecule has 148 valence electrons. The molecule has 0 aliphatic carbocycles. The molecule has 10 heteroatoms. The number of methoxy groups -OCH3 is 1. The zero-order chi connectivity index (χ0) is 20.2. The number of Topliss-reactive ketones (excluding diaryl/α,β-unsaturated/α-hetero) is 1. The van der Waals surface area contributed by atoms with Crippen LogP contribution < -0.4 is 9.46 Å². The lowest BCUT2D eigenvalue weighted by Gasteiger charge is -2.24. The Bertz CT molecular complexity index is 864. The largest absolute Gasteiger partial charge is 0.497 e. The van der Waals surface area contributed by atoms with Gasteiger partial charge < -0.3 is 14.2 Å². The minimum atomic E-state index is -3.79. The second-order valence-corrected chi connectivity index (χ2v) is 8.54. The second kappa shape index (κ2) is 8.30. The summed E-state index contributed by atoms with van der Waals surface area (Å²) in [5.74, 6) is -1.91. The van der Waals surface area contributed by atoms with E-state index >= 15 is 0 Å². The van der Waals surface area contributed by atoms with Crippen LogP contribution in [0, 0.1) is 0 Å². The zero-order valence-corrected chi connectivity index (χ0v) is 17.5. The van der Waals surface area contributed by atoms with Gasteiger partial charge in [0, 0.05) is 17.8 Å². The SMILES string of the molecule is COc1ccc(C2(C)OC(NS(=O)(=O)CCCBr)=C(OC(C)=O)C2=O)cc1. The van der Waals surface area contributed by atoms with Crippen LogP contribution in [-0.2, 0) is 34.7 Å². The maximum absolute atomic E-state index is 12.9. The second-order valence-electron chi connectivity index (χ2n) is 5.91. The van der Waals surface area contributed by atoms with Crippen molar-refractivity contribution in [2.45, 2.75) is 25.9 Å². The highest BCUT2D eigenvalue weighted by atomic mass is 79.9. The summed E-state index contributed by atoms with van der Waals surface area (Å²) in [6.45, 7) is 2.58. The maximum Gasteiger partial charge on any atom is 0.308 e. The molecule has 27 heavy (non-hydrogen) atoms. The van der Waals surface area contributed by atoms with Gasteiger partial charge in [0.2, 0.25) is 21.7 Å². The van der Waals surface area contributed by atoms with Crippen LogP contribution in [0.4, 0.5) is 0 Å². The Labute approximate surface area is 166 Å². The molecule has 0 spiro atoms. The van der Waals surface area contributed by atoms with E-state index in [1.807, 2.05) is 0 Å². The molecule has 1 aromatic rings. The normalized spacial score (nSPS) is 19.6. The van der Waals surface area contributed by atoms with Gasteiger partial charge in [0.1, 0.15) is 5.75 Å². The Morgan fingerprint density at radius 2 is 1.93 bits per heavy atom. The third-order valence-electron chi connectivity index (χ3n) is 3.83. The third kappa shape index (κ3) is 4.81. The summed E-state index contributed by atoms with van der Waals surface area (Å²) in [6, 6.07) is 6.51. The molecule has 2 rings (SSSR count). The molecule has 0 amide bonds. The predicted molar refractivity (Wildman–Crippen MR) is 101 cm³/mol. The fraction of sp³-hybridized carbons (Fsp3) is 0.412. The van der Waals surface area contributed by atoms with Crippen molar-refractivity contribution in [1.29, 1.82) is 0 Å². The van der Waals surface area contributed by atoms with Crippen LogP contribution in [0.25, 0.3) is 0 Å². The number of hydrogen-bond acceptors (Lipinski definition) is 7. The van der Waals surface area contributed by atoms with Crippen molar-refractivity contribution in [1.82, 2.24) is 4.72 Å². The van der Waals surface area contributed by atoms with Gasteiger partial charge in [-0.05, 0) is 25.5 Å². The average Bonchev–Trinajstić information content (AvgIpc) is 2.84. The summed E-state index contributed by atoms with van der Waals surface area (Å²) in [5.41, 5.74) is -1.10. The van der Waals surface area contributed by atoms with Crippen molar-refractivity contribution in [3.05, 3.63) is 41.5 Å². The summed E-state index contributed by atoms with van der Waals surface area (Å²) < 4.78 is 42.3. The van der Waals surface area contributed by atoms with Crippen molar-refractivity contribution >= 4 is 37.7 Å². The molecule has 1 heterocycles. The molecule has 8 nitrogen and oxygen atoms in total. The molecule has 0 bridgehead atoms. The van der Waals surface area contributed by atoms with E-state index in [1.165, 1.54) is 14.0 Å². The van der Waals surface area contributed by atoms with Crippen LogP contribution in [0.2, 0.25) is 0 Å². The Morgan fingerprint density at radius 3 is 2.44 bits per heavy atom. The van der Waals surface area contributed by atoms with Crippen LogP contribution in [0.5, 0.6) is 5.75 Å². The number of hydrogen-bond donors (Lipinski definition) is 1. The van der Waals surface area contributed by atoms with Gasteiger partial charge in [-0.15, -0.1) is 0 Å². The number of halogens is 1. The van der Waals surface area contributed by atoms with E-state index in [-0.39, 0.29) is 5.75 Å². The van der Waals surface area contributed by atoms with Gasteiger partial charge in [0.15, 0.2) is 5.60 Å². The zero-order valence-electron chi connectivity index (χ0n) is 15.1. The van der Waals surface area contributed by atoms with Crippen molar-refractivity contribution in [2.24, 2.45) is 0 Å². The quantitative estimate of drug-likeness (QED) is 0.465. The number of alkyl halides is 1. The average molecular weight is 462 g/mol. The number of benzene rings is 1. The molecule has 0 saturated heterocycles. The van der Waals surface area contributed by atoms with Crippen molar-refractivity contribution in [3.8, 4) is 5.75 Å². The fourth-order valence-corrected chi connectivity index (χ4v) is 4.15. The minimum Gasteiger partial charge on any atom is -0.497 e. The van der Waals surface area contributed by atoms with Crippen LogP contribution in [0.1, 0.15) is 25.8 Å². The molecule has 1 unspecified atom stereocenters. The van der Waals surface area contributed by atoms with Crippen molar-refractivity contribution < 1.29 is 32.2 Å². The van der Waals surface area contributed by atoms with Crippen LogP contribution in [0.3, 0.4) is 0 Å². The van der Waals surface area contributed by atoms with Crippen molar-refractivity contribution in [2.75, 3.05) is 18.2 Å². The molecular weight excluding hydrogens is 442 g/mol. The fourth-order valence-electron chi connectivity index (χ4n) is 2.46. The highest BCUT2D eigenvalue weighted by molar-refractivity contribution is 9.09. The van der Waals surface area contributed by atoms with Gasteiger partial charge in [-0.1, -0.05) is 28.1 Å². The predicted octanol–water partition coefficient (Wildman–Crippen LogP) is 1.95. The third-order valence-corrected chi connectivity index (χ3v) is 5.72. The molecule has 0 fully saturated rings. The Kier molecular flexibility index (Phi) is 6.53. The maximum atomic E-state index is 12.9. The van der Waals surface area contributed by atoms with E-state index in [1.54, 1.807) is 24.3 Å². The van der Waals surface area contributed by atoms with Crippen LogP contribution in [0.15, 0.2) is 35.9 Å². The molecule has 0 saturated carbocycles. The topological polar surface area (TPSA) is 108 Å². The Balaban J connectivity index is 2.38. The molecule has 1 aliphatic rings. The summed E-state index contributed by atoms with van der Waals surface area (Å²) >= 11 is 3.16. The smallest absolute Gasteiger partial charge is 0.308 e. The molecule has 1 aromatic carbocycles. The van der Waals surface area contributed by atoms with E-state index < -0.39 is 39.0 Å². The molecule has 1 N–H and O–H groups in total. The van der Waals surface area contributed by atoms with Crippen LogP contribution in [-0.4, -0.2) is 38.4 Å². The standard InChI is InChI=1S/C17H20BrNO7S/c1-11(20)25-14-15(21)17(2,12-5-7-13(24-3)8-6-12)26-16(14)19-27(22,23)10-4-9-18/h5-8,19H,4,9-10H2,1-3H3. The van der Waals surface area contributed by atoms with E-state index in [2.05, 4.69) is 20.7 Å². The first-order valence-electron chi connectivity index (χ1n) is 8.00. The molecular formula is C17H20BrNO7S. The van der Waals surface area contributed by atoms with Gasteiger partial charge in [0.05, 0.1) is 12.9 Å². The summed E-state index contributed by atoms with van der Waals surface area (Å²) in [6.07, 6.45) is 0.356. The summed E-state index contributed by atoms with van der Waals surface area (Å²) in [5, 5.41) is 0.493. The first-order valence-corrected chi connectivity index (χ1v) is 10.8. The van der Waals surface area contributed by atoms with E-state index in [4.69, 9.17) is 14.2 Å². The van der Waals surface area contributed by atoms with Gasteiger partial charge in [0.25, 0.3) is 5.78 Å². The lowest BCUT2D eigenvalue weighted by molar-refractivity contribution is -0.142. The summed E-state index contributed by atoms with van der Waals surface area (Å²) in [4.78, 5) is 24.3. The number of ether oxygens (including phenoxy) is 3. The lowest BCUT2D eigenvalue weighted by Crippen LogP contribution is -2.33. The van der Waals surface area contributed by atoms with Gasteiger partial charge in [-0.25, -0.2) is 8.42 Å². The molecule has 1 atom stereocenters.